The van der Waals surface area contributed by atoms with Crippen LogP contribution in [0.4, 0.5) is 44.9 Å². The number of nitrogens with two attached hydrogens (primary N) is 3. The molecule has 9 heterocycles. The zero-order valence-electron chi connectivity index (χ0n) is 62.6. The number of hydrogen-bond acceptors (Lipinski definition) is 22. The van der Waals surface area contributed by atoms with Gasteiger partial charge in [-0.1, -0.05) is 128 Å². The summed E-state index contributed by atoms with van der Waals surface area (Å²) in [7, 11) is 0. The molecule has 566 valence electrons. The van der Waals surface area contributed by atoms with Crippen LogP contribution >= 0.6 is 46.6 Å². The van der Waals surface area contributed by atoms with Gasteiger partial charge in [0.2, 0.25) is 0 Å². The molecule has 1 saturated heterocycles. The van der Waals surface area contributed by atoms with Crippen LogP contribution in [0.1, 0.15) is 116 Å². The fraction of sp³-hybridized carbons (Fsp3) is 0.347. The number of aromatic nitrogens is 10. The number of morpholine rings is 1. The molecule has 106 heavy (non-hydrogen) atoms. The Morgan fingerprint density at radius 3 is 1.55 bits per heavy atom. The van der Waals surface area contributed by atoms with Crippen LogP contribution in [0, 0.1) is 71.6 Å². The maximum Gasteiger partial charge on any atom is 0.324 e. The lowest BCUT2D eigenvalue weighted by Gasteiger charge is -2.26. The molecular weight excluding hydrogens is 1510 g/mol. The van der Waals surface area contributed by atoms with Gasteiger partial charge in [0.15, 0.2) is 5.78 Å². The quantitative estimate of drug-likeness (QED) is 0.0165. The number of fused-ring (bicyclic) bond motifs is 1. The number of alkyl halides is 1. The van der Waals surface area contributed by atoms with E-state index < -0.39 is 9.85 Å². The highest BCUT2D eigenvalue weighted by atomic mass is 127. The van der Waals surface area contributed by atoms with Crippen LogP contribution in [-0.4, -0.2) is 120 Å². The number of carbonyl (C=O) groups excluding carboxylic acids is 2. The van der Waals surface area contributed by atoms with Gasteiger partial charge in [-0.2, -0.15) is 15.5 Å². The largest absolute Gasteiger partial charge is 0.492 e. The number of pyridine rings is 6. The first-order valence-corrected chi connectivity index (χ1v) is 35.2. The number of nitrogens with zero attached hydrogens (tertiary/aromatic N) is 14. The number of urea groups is 1. The van der Waals surface area contributed by atoms with E-state index in [1.54, 1.807) is 47.1 Å². The number of carbonyl (C=O) groups is 2. The lowest BCUT2D eigenvalue weighted by atomic mass is 9.89. The topological polar surface area (TPSA) is 393 Å². The zero-order valence-corrected chi connectivity index (χ0v) is 66.3. The summed E-state index contributed by atoms with van der Waals surface area (Å²) in [5.41, 5.74) is 23.7. The maximum absolute atomic E-state index is 13.2. The lowest BCUT2D eigenvalue weighted by Crippen LogP contribution is -2.38. The maximum atomic E-state index is 13.2. The predicted molar refractivity (Wildman–Crippen MR) is 432 cm³/mol. The van der Waals surface area contributed by atoms with Crippen LogP contribution in [-0.2, 0) is 20.4 Å². The van der Waals surface area contributed by atoms with Crippen molar-refractivity contribution in [1.29, 1.82) is 5.26 Å². The third kappa shape index (κ3) is 31.9. The van der Waals surface area contributed by atoms with Crippen LogP contribution in [0.5, 0.6) is 5.75 Å². The molecule has 31 heteroatoms. The van der Waals surface area contributed by atoms with Gasteiger partial charge < -0.3 is 31.7 Å². The first-order chi connectivity index (χ1) is 49.6. The number of hydrogen-bond donors (Lipinski definition) is 6. The highest BCUT2D eigenvalue weighted by Gasteiger charge is 2.24. The smallest absolute Gasteiger partial charge is 0.324 e. The molecule has 0 spiro atoms. The third-order valence-electron chi connectivity index (χ3n) is 14.5. The Labute approximate surface area is 644 Å². The lowest BCUT2D eigenvalue weighted by molar-refractivity contribution is -0.385. The number of nitrogen functional groups attached to an aromatic ring is 3. The van der Waals surface area contributed by atoms with E-state index in [9.17, 15) is 29.8 Å². The molecule has 1 fully saturated rings. The van der Waals surface area contributed by atoms with Crippen LogP contribution in [0.25, 0.3) is 22.1 Å². The number of ether oxygens (including phenoxy) is 2. The van der Waals surface area contributed by atoms with Gasteiger partial charge >= 0.3 is 6.03 Å². The molecule has 11 rings (SSSR count). The van der Waals surface area contributed by atoms with Crippen molar-refractivity contribution in [2.45, 2.75) is 121 Å². The summed E-state index contributed by atoms with van der Waals surface area (Å²) in [6, 6.07) is 38.0. The van der Waals surface area contributed by atoms with E-state index in [0.29, 0.717) is 23.9 Å². The standard InChI is InChI=1S/C30H36N6O3.C13H18N4.C7H11NO.C6H9N3.C6H6N2O2.C6H8N2.C5H3ClN2O2.C2H5I.ClH/c1-21-9-10-22(20-31-21)36-28(19-27(34-36)30(2,3)4)33-29(37)32-25-11-12-26(24-8-6-5-7-23(24)25)39-18-15-35-13-16-38-17-14-35;1-9-5-6-10(8-15-9)17-12(14)7-11(16-17)13(2,3)4;1-7(2,3)6(9)4-5-8;1-5-2-3-6(9-7)4-8-5;1-5-2-3-6(4-7-5)8(9)10;1-5-2-3-6(7)4-8-5;6-5-2-1-4(3-7-5)8(9)10;1-2-3;/h5-12,19-20H,13-18H2,1-4H3,(H2,32,33,37);5-8H,14H2,1-4H3;4H2,1-3H3;2-4,9H,7H2,1H3;2-4H,1H3;2-4H,7H2,1H3;1-3H;2H2,1H3;1H. The van der Waals surface area contributed by atoms with E-state index in [2.05, 4.69) is 127 Å². The fourth-order valence-electron chi connectivity index (χ4n) is 8.47. The molecule has 0 bridgehead atoms. The molecule has 0 radical (unpaired) electrons. The van der Waals surface area contributed by atoms with Gasteiger partial charge in [0.25, 0.3) is 11.4 Å². The van der Waals surface area contributed by atoms with Crippen molar-refractivity contribution in [1.82, 2.24) is 54.4 Å². The summed E-state index contributed by atoms with van der Waals surface area (Å²) < 4.78 is 16.2. The van der Waals surface area contributed by atoms with E-state index in [-0.39, 0.29) is 63.4 Å². The van der Waals surface area contributed by atoms with Gasteiger partial charge in [-0.05, 0) is 112 Å². The summed E-state index contributed by atoms with van der Waals surface area (Å²) >= 11 is 7.67. The van der Waals surface area contributed by atoms with Crippen molar-refractivity contribution in [2.24, 2.45) is 11.3 Å². The first-order valence-electron chi connectivity index (χ1n) is 33.3. The van der Waals surface area contributed by atoms with Crippen molar-refractivity contribution >= 4 is 109 Å². The van der Waals surface area contributed by atoms with E-state index in [1.807, 2.05) is 152 Å². The molecule has 10 aromatic rings. The number of ketones is 1. The summed E-state index contributed by atoms with van der Waals surface area (Å²) in [5.74, 6) is 7.12. The van der Waals surface area contributed by atoms with Crippen LogP contribution in [0.15, 0.2) is 159 Å². The summed E-state index contributed by atoms with van der Waals surface area (Å²) in [5, 5.41) is 45.7. The number of aryl methyl sites for hydroxylation is 5. The molecule has 0 aliphatic carbocycles. The summed E-state index contributed by atoms with van der Waals surface area (Å²) in [6.07, 6.45) is 9.26. The molecule has 1 aliphatic heterocycles. The second-order valence-electron chi connectivity index (χ2n) is 26.4. The van der Waals surface area contributed by atoms with Gasteiger partial charge in [-0.15, -0.1) is 12.4 Å². The number of rotatable bonds is 12. The second-order valence-corrected chi connectivity index (χ2v) is 28.3. The molecule has 0 atom stereocenters. The van der Waals surface area contributed by atoms with E-state index in [4.69, 9.17) is 48.7 Å². The van der Waals surface area contributed by atoms with Crippen molar-refractivity contribution in [2.75, 3.05) is 71.4 Å². The fourth-order valence-corrected chi connectivity index (χ4v) is 8.58. The average Bonchev–Trinajstić information content (AvgIpc) is 1.69. The Morgan fingerprint density at radius 1 is 0.642 bits per heavy atom. The van der Waals surface area contributed by atoms with Crippen molar-refractivity contribution in [3.63, 3.8) is 0 Å². The Balaban J connectivity index is 0.000000359. The van der Waals surface area contributed by atoms with Gasteiger partial charge in [-0.3, -0.25) is 66.0 Å². The van der Waals surface area contributed by atoms with Crippen molar-refractivity contribution in [3.05, 3.63) is 224 Å². The average molecular weight is 1600 g/mol. The summed E-state index contributed by atoms with van der Waals surface area (Å²) in [4.78, 5) is 69.4. The molecule has 8 aromatic heterocycles. The number of nitrogens with one attached hydrogen (secondary N) is 3. The molecule has 0 saturated carbocycles. The van der Waals surface area contributed by atoms with Crippen LogP contribution in [0.2, 0.25) is 5.15 Å². The number of hydrazine groups is 1. The predicted octanol–water partition coefficient (Wildman–Crippen LogP) is 15.8. The highest BCUT2D eigenvalue weighted by Crippen LogP contribution is 2.33. The van der Waals surface area contributed by atoms with Crippen molar-refractivity contribution < 1.29 is 28.9 Å². The SMILES string of the molecule is CC(C)(C)C(=O)CC#N.CCI.Cc1ccc(-n2nc(C(C)(C)C)cc2N)cn1.Cc1ccc(-n2nc(C(C)(C)C)cc2NC(=O)Nc2ccc(OCCN3CCOCC3)c3ccccc23)cn1.Cc1ccc(N)cn1.Cc1ccc(NN)cn1.Cc1ccc([N+](=O)[O-])cn1.Cl.O=[N+]([O-])c1ccc(Cl)nc1. The second kappa shape index (κ2) is 44.4. The van der Waals surface area contributed by atoms with Crippen molar-refractivity contribution in [3.8, 4) is 23.2 Å². The number of nitro groups is 2. The minimum atomic E-state index is -0.524. The van der Waals surface area contributed by atoms with Gasteiger partial charge in [0, 0.05) is 99.4 Å². The number of nitriles is 1. The normalized spacial score (nSPS) is 11.4. The van der Waals surface area contributed by atoms with Crippen LogP contribution in [0.3, 0.4) is 0 Å². The Morgan fingerprint density at radius 2 is 1.12 bits per heavy atom. The number of benzene rings is 2. The molecule has 1 aliphatic rings. The molecule has 2 aromatic carbocycles. The van der Waals surface area contributed by atoms with E-state index >= 15 is 0 Å². The Kier molecular flexibility index (Phi) is 37.7. The third-order valence-corrected chi connectivity index (χ3v) is 14.7. The zero-order chi connectivity index (χ0) is 78.0. The van der Waals surface area contributed by atoms with Crippen LogP contribution < -0.4 is 38.1 Å². The highest BCUT2D eigenvalue weighted by molar-refractivity contribution is 14.1. The number of amides is 2. The number of anilines is 5. The van der Waals surface area contributed by atoms with Gasteiger partial charge in [0.1, 0.15) is 41.5 Å². The molecule has 28 nitrogen and oxygen atoms in total. The number of Topliss-reactive ketones (excluding diaryl/α,β-unsaturated/α-hetero) is 1. The Hall–Kier alpha value is -10.4. The van der Waals surface area contributed by atoms with Gasteiger partial charge in [-0.25, -0.2) is 19.1 Å². The molecule has 9 N–H and O–H groups in total. The van der Waals surface area contributed by atoms with E-state index in [0.717, 1.165) is 118 Å². The van der Waals surface area contributed by atoms with Gasteiger partial charge in [0.05, 0.1) is 100 Å². The van der Waals surface area contributed by atoms with E-state index in [1.165, 1.54) is 28.8 Å². The monoisotopic (exact) mass is 1600 g/mol. The minimum Gasteiger partial charge on any atom is -0.492 e. The summed E-state index contributed by atoms with van der Waals surface area (Å²) in [6.45, 7) is 34.5. The minimum absolute atomic E-state index is 0. The number of halogens is 3. The molecule has 2 amide bonds. The first kappa shape index (κ1) is 89.9. The molecule has 0 unspecified atom stereocenters. The Bertz CT molecular complexity index is 4290. The molecular formula is C75H97Cl2IN20O8.